The Kier molecular flexibility index (Phi) is 6.56. The molecule has 0 aliphatic rings. The number of rotatable bonds is 7. The third-order valence-corrected chi connectivity index (χ3v) is 4.47. The molecular formula is C23H20F2N6O2. The molecule has 0 fully saturated rings. The van der Waals surface area contributed by atoms with E-state index in [1.807, 2.05) is 0 Å². The Morgan fingerprint density at radius 3 is 2.48 bits per heavy atom. The van der Waals surface area contributed by atoms with Crippen molar-refractivity contribution in [2.75, 3.05) is 29.0 Å². The first kappa shape index (κ1) is 21.9. The second-order valence-corrected chi connectivity index (χ2v) is 6.96. The third kappa shape index (κ3) is 5.69. The van der Waals surface area contributed by atoms with Gasteiger partial charge in [0.15, 0.2) is 11.6 Å². The van der Waals surface area contributed by atoms with Crippen LogP contribution in [0.5, 0.6) is 11.5 Å². The van der Waals surface area contributed by atoms with Gasteiger partial charge in [-0.05, 0) is 36.4 Å². The van der Waals surface area contributed by atoms with Crippen LogP contribution >= 0.6 is 0 Å². The van der Waals surface area contributed by atoms with Crippen molar-refractivity contribution in [2.24, 2.45) is 5.73 Å². The van der Waals surface area contributed by atoms with Crippen LogP contribution in [0, 0.1) is 11.6 Å². The van der Waals surface area contributed by atoms with E-state index in [0.717, 1.165) is 12.1 Å². The first-order valence-corrected chi connectivity index (χ1v) is 10.0. The SMILES string of the molecule is NCCNc1cnc2ccc(Oc3cccc(NC(=O)Nc4ccc(F)c(F)c4)c3)cc2n1. The number of carbonyl (C=O) groups excluding carboxylic acids is 1. The number of anilines is 3. The number of hydrogen-bond donors (Lipinski definition) is 4. The second-order valence-electron chi connectivity index (χ2n) is 6.96. The molecule has 5 N–H and O–H groups in total. The van der Waals surface area contributed by atoms with E-state index in [0.29, 0.717) is 47.1 Å². The average Bonchev–Trinajstić information content (AvgIpc) is 2.80. The molecular weight excluding hydrogens is 430 g/mol. The zero-order chi connectivity index (χ0) is 23.2. The molecule has 2 amide bonds. The summed E-state index contributed by atoms with van der Waals surface area (Å²) in [5.74, 6) is -0.413. The topological polar surface area (TPSA) is 114 Å². The zero-order valence-corrected chi connectivity index (χ0v) is 17.3. The quantitative estimate of drug-likeness (QED) is 0.324. The van der Waals surface area contributed by atoms with Crippen LogP contribution in [-0.2, 0) is 0 Å². The zero-order valence-electron chi connectivity index (χ0n) is 17.3. The molecule has 1 aromatic heterocycles. The van der Waals surface area contributed by atoms with Gasteiger partial charge in [-0.25, -0.2) is 18.6 Å². The Labute approximate surface area is 187 Å². The van der Waals surface area contributed by atoms with Crippen molar-refractivity contribution in [1.82, 2.24) is 9.97 Å². The Balaban J connectivity index is 1.44. The van der Waals surface area contributed by atoms with Crippen LogP contribution in [0.1, 0.15) is 0 Å². The third-order valence-electron chi connectivity index (χ3n) is 4.47. The van der Waals surface area contributed by atoms with E-state index < -0.39 is 17.7 Å². The van der Waals surface area contributed by atoms with Gasteiger partial charge in [0.1, 0.15) is 17.3 Å². The molecule has 4 rings (SSSR count). The first-order valence-electron chi connectivity index (χ1n) is 10.0. The average molecular weight is 450 g/mol. The minimum Gasteiger partial charge on any atom is -0.457 e. The molecule has 0 saturated carbocycles. The smallest absolute Gasteiger partial charge is 0.323 e. The van der Waals surface area contributed by atoms with Gasteiger partial charge in [-0.3, -0.25) is 4.98 Å². The lowest BCUT2D eigenvalue weighted by Crippen LogP contribution is -2.19. The summed E-state index contributed by atoms with van der Waals surface area (Å²) in [5.41, 5.74) is 7.43. The summed E-state index contributed by atoms with van der Waals surface area (Å²) in [6.07, 6.45) is 1.64. The number of urea groups is 1. The molecule has 33 heavy (non-hydrogen) atoms. The van der Waals surface area contributed by atoms with Crippen LogP contribution in [0.25, 0.3) is 11.0 Å². The normalized spacial score (nSPS) is 10.6. The highest BCUT2D eigenvalue weighted by Gasteiger charge is 2.08. The fourth-order valence-corrected chi connectivity index (χ4v) is 2.98. The maximum atomic E-state index is 13.3. The van der Waals surface area contributed by atoms with Crippen LogP contribution in [0.2, 0.25) is 0 Å². The van der Waals surface area contributed by atoms with E-state index >= 15 is 0 Å². The number of fused-ring (bicyclic) bond motifs is 1. The summed E-state index contributed by atoms with van der Waals surface area (Å²) in [6, 6.07) is 14.5. The van der Waals surface area contributed by atoms with E-state index in [-0.39, 0.29) is 5.69 Å². The van der Waals surface area contributed by atoms with Crippen molar-refractivity contribution < 1.29 is 18.3 Å². The van der Waals surface area contributed by atoms with E-state index in [2.05, 4.69) is 25.9 Å². The maximum absolute atomic E-state index is 13.3. The van der Waals surface area contributed by atoms with Gasteiger partial charge in [-0.15, -0.1) is 0 Å². The van der Waals surface area contributed by atoms with Gasteiger partial charge < -0.3 is 26.4 Å². The van der Waals surface area contributed by atoms with Crippen LogP contribution in [0.15, 0.2) is 66.9 Å². The van der Waals surface area contributed by atoms with E-state index in [4.69, 9.17) is 10.5 Å². The largest absolute Gasteiger partial charge is 0.457 e. The number of benzene rings is 3. The molecule has 0 spiro atoms. The van der Waals surface area contributed by atoms with Gasteiger partial charge >= 0.3 is 6.03 Å². The molecule has 0 unspecified atom stereocenters. The van der Waals surface area contributed by atoms with Crippen molar-refractivity contribution in [2.45, 2.75) is 0 Å². The highest BCUT2D eigenvalue weighted by molar-refractivity contribution is 5.99. The summed E-state index contributed by atoms with van der Waals surface area (Å²) in [6.45, 7) is 1.06. The molecule has 168 valence electrons. The van der Waals surface area contributed by atoms with Crippen molar-refractivity contribution in [3.8, 4) is 11.5 Å². The predicted octanol–water partition coefficient (Wildman–Crippen LogP) is 4.71. The van der Waals surface area contributed by atoms with Crippen LogP contribution in [0.4, 0.5) is 30.8 Å². The summed E-state index contributed by atoms with van der Waals surface area (Å²) in [7, 11) is 0. The Bertz CT molecular complexity index is 1300. The Morgan fingerprint density at radius 2 is 1.70 bits per heavy atom. The van der Waals surface area contributed by atoms with Crippen LogP contribution < -0.4 is 26.4 Å². The standard InChI is InChI=1S/C23H20F2N6O2/c24-18-6-4-15(11-19(18)25)30-23(32)29-14-2-1-3-16(10-14)33-17-5-7-20-21(12-17)31-22(13-28-20)27-9-8-26/h1-7,10-13H,8-9,26H2,(H,27,31)(H2,29,30,32). The number of halogens is 2. The molecule has 0 aliphatic carbocycles. The molecule has 0 bridgehead atoms. The minimum absolute atomic E-state index is 0.122. The number of nitrogens with zero attached hydrogens (tertiary/aromatic N) is 2. The highest BCUT2D eigenvalue weighted by Crippen LogP contribution is 2.27. The summed E-state index contributed by atoms with van der Waals surface area (Å²) in [5, 5.41) is 8.14. The Hall–Kier alpha value is -4.31. The molecule has 0 radical (unpaired) electrons. The highest BCUT2D eigenvalue weighted by atomic mass is 19.2. The number of nitrogens with two attached hydrogens (primary N) is 1. The number of ether oxygens (including phenoxy) is 1. The van der Waals surface area contributed by atoms with Crippen LogP contribution in [-0.4, -0.2) is 29.1 Å². The van der Waals surface area contributed by atoms with Crippen molar-refractivity contribution in [1.29, 1.82) is 0 Å². The number of amides is 2. The number of hydrogen-bond acceptors (Lipinski definition) is 6. The molecule has 10 heteroatoms. The van der Waals surface area contributed by atoms with Crippen LogP contribution in [0.3, 0.4) is 0 Å². The molecule has 8 nitrogen and oxygen atoms in total. The lowest BCUT2D eigenvalue weighted by atomic mass is 10.2. The van der Waals surface area contributed by atoms with E-state index in [1.165, 1.54) is 6.07 Å². The molecule has 4 aromatic rings. The monoisotopic (exact) mass is 450 g/mol. The number of carbonyl (C=O) groups is 1. The number of nitrogens with one attached hydrogen (secondary N) is 3. The minimum atomic E-state index is -1.05. The molecule has 0 saturated heterocycles. The van der Waals surface area contributed by atoms with Gasteiger partial charge in [0.25, 0.3) is 0 Å². The van der Waals surface area contributed by atoms with Gasteiger partial charge in [0.05, 0.1) is 17.2 Å². The molecule has 3 aromatic carbocycles. The Morgan fingerprint density at radius 1 is 0.909 bits per heavy atom. The second kappa shape index (κ2) is 9.88. The first-order chi connectivity index (χ1) is 16.0. The van der Waals surface area contributed by atoms with Gasteiger partial charge in [-0.1, -0.05) is 6.07 Å². The van der Waals surface area contributed by atoms with Gasteiger partial charge in [0.2, 0.25) is 0 Å². The van der Waals surface area contributed by atoms with E-state index in [9.17, 15) is 13.6 Å². The molecule has 1 heterocycles. The lowest BCUT2D eigenvalue weighted by Gasteiger charge is -2.11. The maximum Gasteiger partial charge on any atom is 0.323 e. The van der Waals surface area contributed by atoms with Gasteiger partial charge in [0, 0.05) is 42.7 Å². The van der Waals surface area contributed by atoms with Crippen molar-refractivity contribution in [3.63, 3.8) is 0 Å². The lowest BCUT2D eigenvalue weighted by molar-refractivity contribution is 0.262. The summed E-state index contributed by atoms with van der Waals surface area (Å²) < 4.78 is 32.2. The van der Waals surface area contributed by atoms with Crippen molar-refractivity contribution in [3.05, 3.63) is 78.5 Å². The number of aromatic nitrogens is 2. The van der Waals surface area contributed by atoms with E-state index in [1.54, 1.807) is 48.7 Å². The predicted molar refractivity (Wildman–Crippen MR) is 123 cm³/mol. The summed E-state index contributed by atoms with van der Waals surface area (Å²) in [4.78, 5) is 21.0. The molecule has 0 atom stereocenters. The fraction of sp³-hybridized carbons (Fsp3) is 0.0870. The van der Waals surface area contributed by atoms with Gasteiger partial charge in [-0.2, -0.15) is 0 Å². The van der Waals surface area contributed by atoms with Crippen molar-refractivity contribution >= 4 is 34.3 Å². The molecule has 0 aliphatic heterocycles. The fourth-order valence-electron chi connectivity index (χ4n) is 2.98. The summed E-state index contributed by atoms with van der Waals surface area (Å²) >= 11 is 0.